The Morgan fingerprint density at radius 2 is 1.23 bits per heavy atom. The molecule has 0 aromatic heterocycles. The van der Waals surface area contributed by atoms with Crippen LogP contribution in [0, 0.1) is 5.92 Å². The first-order valence-corrected chi connectivity index (χ1v) is 8.88. The molecule has 0 aliphatic rings. The van der Waals surface area contributed by atoms with Crippen LogP contribution in [0.3, 0.4) is 0 Å². The van der Waals surface area contributed by atoms with E-state index in [-0.39, 0.29) is 18.3 Å². The van der Waals surface area contributed by atoms with Crippen LogP contribution in [0.1, 0.15) is 60.8 Å². The van der Waals surface area contributed by atoms with Gasteiger partial charge in [-0.3, -0.25) is 0 Å². The standard InChI is InChI=1S/C18H38O4/c1-7-10-19-12-16(4)21-14-18(6)22-13-17(5)20-11-8-9-15(2)3/h15-18H,7-14H2,1-6H3. The molecule has 0 aromatic carbocycles. The van der Waals surface area contributed by atoms with Crippen molar-refractivity contribution in [1.29, 1.82) is 0 Å². The highest BCUT2D eigenvalue weighted by atomic mass is 16.6. The van der Waals surface area contributed by atoms with E-state index < -0.39 is 0 Å². The normalized spacial score (nSPS) is 16.0. The summed E-state index contributed by atoms with van der Waals surface area (Å²) in [7, 11) is 0. The van der Waals surface area contributed by atoms with E-state index in [1.165, 1.54) is 6.42 Å². The second-order valence-corrected chi connectivity index (χ2v) is 6.58. The first-order chi connectivity index (χ1) is 10.5. The highest BCUT2D eigenvalue weighted by Gasteiger charge is 2.10. The molecule has 0 fully saturated rings. The van der Waals surface area contributed by atoms with Crippen LogP contribution in [0.4, 0.5) is 0 Å². The van der Waals surface area contributed by atoms with E-state index in [0.717, 1.165) is 32.0 Å². The monoisotopic (exact) mass is 318 g/mol. The van der Waals surface area contributed by atoms with E-state index >= 15 is 0 Å². The highest BCUT2D eigenvalue weighted by Crippen LogP contribution is 2.05. The third-order valence-electron chi connectivity index (χ3n) is 3.26. The van der Waals surface area contributed by atoms with Gasteiger partial charge in [0.1, 0.15) is 0 Å². The van der Waals surface area contributed by atoms with Crippen molar-refractivity contribution in [3.8, 4) is 0 Å². The van der Waals surface area contributed by atoms with Gasteiger partial charge in [-0.05, 0) is 46.0 Å². The molecule has 0 N–H and O–H groups in total. The fourth-order valence-corrected chi connectivity index (χ4v) is 1.91. The van der Waals surface area contributed by atoms with Crippen LogP contribution in [0.5, 0.6) is 0 Å². The molecule has 3 atom stereocenters. The van der Waals surface area contributed by atoms with Crippen LogP contribution < -0.4 is 0 Å². The van der Waals surface area contributed by atoms with E-state index in [1.807, 2.05) is 13.8 Å². The lowest BCUT2D eigenvalue weighted by Gasteiger charge is -2.20. The van der Waals surface area contributed by atoms with Crippen LogP contribution in [0.25, 0.3) is 0 Å². The second kappa shape index (κ2) is 14.4. The van der Waals surface area contributed by atoms with E-state index in [2.05, 4.69) is 27.7 Å². The molecular formula is C18H38O4. The lowest BCUT2D eigenvalue weighted by atomic mass is 10.1. The van der Waals surface area contributed by atoms with Crippen molar-refractivity contribution in [3.63, 3.8) is 0 Å². The largest absolute Gasteiger partial charge is 0.379 e. The SMILES string of the molecule is CCCOCC(C)OCC(C)OCC(C)OCCCC(C)C. The predicted octanol–water partition coefficient (Wildman–Crippen LogP) is 4.06. The van der Waals surface area contributed by atoms with Gasteiger partial charge in [0.05, 0.1) is 38.1 Å². The molecular weight excluding hydrogens is 280 g/mol. The van der Waals surface area contributed by atoms with Crippen molar-refractivity contribution < 1.29 is 18.9 Å². The summed E-state index contributed by atoms with van der Waals surface area (Å²) in [5.41, 5.74) is 0. The first-order valence-electron chi connectivity index (χ1n) is 8.88. The van der Waals surface area contributed by atoms with Gasteiger partial charge >= 0.3 is 0 Å². The zero-order valence-electron chi connectivity index (χ0n) is 15.6. The fraction of sp³-hybridized carbons (Fsp3) is 1.00. The van der Waals surface area contributed by atoms with Crippen LogP contribution in [0.2, 0.25) is 0 Å². The minimum atomic E-state index is 0.0790. The molecule has 0 aliphatic carbocycles. The predicted molar refractivity (Wildman–Crippen MR) is 91.4 cm³/mol. The van der Waals surface area contributed by atoms with Crippen LogP contribution in [-0.2, 0) is 18.9 Å². The summed E-state index contributed by atoms with van der Waals surface area (Å²) >= 11 is 0. The number of ether oxygens (including phenoxy) is 4. The van der Waals surface area contributed by atoms with E-state index in [4.69, 9.17) is 18.9 Å². The van der Waals surface area contributed by atoms with E-state index in [1.54, 1.807) is 0 Å². The molecule has 0 rings (SSSR count). The summed E-state index contributed by atoms with van der Waals surface area (Å²) in [6.45, 7) is 16.2. The molecule has 4 heteroatoms. The van der Waals surface area contributed by atoms with Crippen molar-refractivity contribution in [1.82, 2.24) is 0 Å². The molecule has 0 heterocycles. The molecule has 0 radical (unpaired) electrons. The van der Waals surface area contributed by atoms with Gasteiger partial charge in [-0.1, -0.05) is 20.8 Å². The second-order valence-electron chi connectivity index (χ2n) is 6.58. The van der Waals surface area contributed by atoms with Crippen LogP contribution >= 0.6 is 0 Å². The Kier molecular flexibility index (Phi) is 14.3. The van der Waals surface area contributed by atoms with Gasteiger partial charge in [-0.15, -0.1) is 0 Å². The number of hydrogen-bond donors (Lipinski definition) is 0. The maximum atomic E-state index is 5.77. The van der Waals surface area contributed by atoms with Gasteiger partial charge in [-0.2, -0.15) is 0 Å². The molecule has 0 amide bonds. The Morgan fingerprint density at radius 1 is 0.682 bits per heavy atom. The van der Waals surface area contributed by atoms with Gasteiger partial charge < -0.3 is 18.9 Å². The topological polar surface area (TPSA) is 36.9 Å². The molecule has 0 spiro atoms. The highest BCUT2D eigenvalue weighted by molar-refractivity contribution is 4.55. The quantitative estimate of drug-likeness (QED) is 0.427. The smallest absolute Gasteiger partial charge is 0.0781 e. The van der Waals surface area contributed by atoms with Crippen LogP contribution in [0.15, 0.2) is 0 Å². The Morgan fingerprint density at radius 3 is 1.77 bits per heavy atom. The summed E-state index contributed by atoms with van der Waals surface area (Å²) in [4.78, 5) is 0. The Bertz CT molecular complexity index is 233. The lowest BCUT2D eigenvalue weighted by Crippen LogP contribution is -2.26. The van der Waals surface area contributed by atoms with Crippen LogP contribution in [-0.4, -0.2) is 51.3 Å². The van der Waals surface area contributed by atoms with Crippen molar-refractivity contribution in [3.05, 3.63) is 0 Å². The first kappa shape index (κ1) is 21.8. The molecule has 0 aliphatic heterocycles. The van der Waals surface area contributed by atoms with E-state index in [9.17, 15) is 0 Å². The Hall–Kier alpha value is -0.160. The number of hydrogen-bond acceptors (Lipinski definition) is 4. The molecule has 0 saturated heterocycles. The van der Waals surface area contributed by atoms with Crippen molar-refractivity contribution in [2.75, 3.05) is 33.0 Å². The van der Waals surface area contributed by atoms with Gasteiger partial charge in [0.15, 0.2) is 0 Å². The zero-order valence-corrected chi connectivity index (χ0v) is 15.6. The summed E-state index contributed by atoms with van der Waals surface area (Å²) in [6, 6.07) is 0. The summed E-state index contributed by atoms with van der Waals surface area (Å²) < 4.78 is 22.7. The lowest BCUT2D eigenvalue weighted by molar-refractivity contribution is -0.0801. The molecule has 0 bridgehead atoms. The maximum Gasteiger partial charge on any atom is 0.0781 e. The average Bonchev–Trinajstić information content (AvgIpc) is 2.47. The van der Waals surface area contributed by atoms with Crippen molar-refractivity contribution >= 4 is 0 Å². The maximum absolute atomic E-state index is 5.77. The van der Waals surface area contributed by atoms with Crippen molar-refractivity contribution in [2.45, 2.75) is 79.1 Å². The summed E-state index contributed by atoms with van der Waals surface area (Å²) in [6.07, 6.45) is 3.71. The molecule has 22 heavy (non-hydrogen) atoms. The zero-order chi connectivity index (χ0) is 16.8. The third kappa shape index (κ3) is 14.8. The van der Waals surface area contributed by atoms with Crippen molar-refractivity contribution in [2.24, 2.45) is 5.92 Å². The molecule has 3 unspecified atom stereocenters. The molecule has 0 aromatic rings. The van der Waals surface area contributed by atoms with Gasteiger partial charge in [0.2, 0.25) is 0 Å². The Labute approximate surface area is 137 Å². The third-order valence-corrected chi connectivity index (χ3v) is 3.26. The molecule has 4 nitrogen and oxygen atoms in total. The van der Waals surface area contributed by atoms with Gasteiger partial charge in [-0.25, -0.2) is 0 Å². The van der Waals surface area contributed by atoms with Gasteiger partial charge in [0.25, 0.3) is 0 Å². The molecule has 0 saturated carbocycles. The summed E-state index contributed by atoms with van der Waals surface area (Å²) in [5, 5.41) is 0. The summed E-state index contributed by atoms with van der Waals surface area (Å²) in [5.74, 6) is 0.746. The fourth-order valence-electron chi connectivity index (χ4n) is 1.91. The Balaban J connectivity index is 3.52. The van der Waals surface area contributed by atoms with E-state index in [0.29, 0.717) is 19.8 Å². The molecule has 134 valence electrons. The average molecular weight is 318 g/mol. The van der Waals surface area contributed by atoms with Gasteiger partial charge in [0, 0.05) is 13.2 Å². The minimum Gasteiger partial charge on any atom is -0.379 e. The number of rotatable bonds is 15. The minimum absolute atomic E-state index is 0.0790.